The molecule has 1 aromatic heterocycles. The minimum absolute atomic E-state index is 0.108. The molecular weight excluding hydrogens is 492 g/mol. The van der Waals surface area contributed by atoms with Crippen molar-refractivity contribution < 1.29 is 28.2 Å². The summed E-state index contributed by atoms with van der Waals surface area (Å²) in [5.74, 6) is 0.167. The van der Waals surface area contributed by atoms with Gasteiger partial charge in [0.2, 0.25) is 5.43 Å². The number of fused-ring (bicyclic) bond motifs is 6. The number of carbonyl (C=O) groups excluding carboxylic acids is 1. The fourth-order valence-electron chi connectivity index (χ4n) is 4.25. The summed E-state index contributed by atoms with van der Waals surface area (Å²) in [6.45, 7) is 0. The molecule has 2 atom stereocenters. The summed E-state index contributed by atoms with van der Waals surface area (Å²) in [5.41, 5.74) is 1.36. The second kappa shape index (κ2) is 7.38. The van der Waals surface area contributed by atoms with Gasteiger partial charge in [-0.1, -0.05) is 22.0 Å². The van der Waals surface area contributed by atoms with Gasteiger partial charge in [-0.05, 0) is 42.5 Å². The van der Waals surface area contributed by atoms with Crippen LogP contribution in [0.1, 0.15) is 21.8 Å². The van der Waals surface area contributed by atoms with E-state index in [1.807, 2.05) is 6.08 Å². The lowest BCUT2D eigenvalue weighted by Crippen LogP contribution is -2.14. The van der Waals surface area contributed by atoms with E-state index >= 15 is 0 Å². The molecule has 0 fully saturated rings. The van der Waals surface area contributed by atoms with Gasteiger partial charge in [0, 0.05) is 10.5 Å². The molecule has 6 rings (SSSR count). The van der Waals surface area contributed by atoms with E-state index in [-0.39, 0.29) is 33.5 Å². The Labute approximate surface area is 195 Å². The van der Waals surface area contributed by atoms with E-state index in [4.69, 9.17) is 23.4 Å². The quantitative estimate of drug-likeness (QED) is 0.212. The third-order valence-corrected chi connectivity index (χ3v) is 6.30. The Morgan fingerprint density at radius 3 is 2.67 bits per heavy atom. The van der Waals surface area contributed by atoms with Crippen molar-refractivity contribution in [3.63, 3.8) is 0 Å². The van der Waals surface area contributed by atoms with Crippen molar-refractivity contribution >= 4 is 43.8 Å². The highest BCUT2D eigenvalue weighted by Gasteiger charge is 2.41. The minimum Gasteiger partial charge on any atom is -0.496 e. The standard InChI is InChI=1S/C25H15BrO7/c1-29-17-11-18-19(14-9-10-30-25(14)33-18)23-21(17)22(27)20-15(31-23)3-2-4-16(20)32-24(28)12-5-7-13(26)8-6-12/h2-11,14,25H,1H3/t14-,25+/m0/s1. The van der Waals surface area contributed by atoms with Gasteiger partial charge in [0.25, 0.3) is 6.29 Å². The predicted molar refractivity (Wildman–Crippen MR) is 123 cm³/mol. The monoisotopic (exact) mass is 506 g/mol. The first-order chi connectivity index (χ1) is 16.0. The lowest BCUT2D eigenvalue weighted by Gasteiger charge is -2.12. The molecule has 0 saturated heterocycles. The molecule has 0 saturated carbocycles. The van der Waals surface area contributed by atoms with E-state index in [0.29, 0.717) is 22.6 Å². The van der Waals surface area contributed by atoms with Gasteiger partial charge >= 0.3 is 5.97 Å². The number of benzene rings is 3. The number of halogens is 1. The fourth-order valence-corrected chi connectivity index (χ4v) is 4.51. The first-order valence-electron chi connectivity index (χ1n) is 10.1. The third-order valence-electron chi connectivity index (χ3n) is 5.77. The molecule has 3 aromatic carbocycles. The number of ether oxygens (including phenoxy) is 4. The summed E-state index contributed by atoms with van der Waals surface area (Å²) in [6.07, 6.45) is 2.94. The molecule has 2 aliphatic rings. The van der Waals surface area contributed by atoms with Gasteiger partial charge in [0.15, 0.2) is 0 Å². The second-order valence-corrected chi connectivity index (χ2v) is 8.54. The fraction of sp³-hybridized carbons (Fsp3) is 0.120. The van der Waals surface area contributed by atoms with Crippen LogP contribution >= 0.6 is 15.9 Å². The van der Waals surface area contributed by atoms with Gasteiger partial charge in [-0.2, -0.15) is 0 Å². The highest BCUT2D eigenvalue weighted by atomic mass is 79.9. The van der Waals surface area contributed by atoms with Crippen LogP contribution in [0.4, 0.5) is 0 Å². The van der Waals surface area contributed by atoms with Crippen molar-refractivity contribution in [2.24, 2.45) is 0 Å². The van der Waals surface area contributed by atoms with E-state index in [9.17, 15) is 9.59 Å². The van der Waals surface area contributed by atoms with Crippen LogP contribution in [0.2, 0.25) is 0 Å². The summed E-state index contributed by atoms with van der Waals surface area (Å²) in [5, 5.41) is 0.405. The number of esters is 1. The Kier molecular flexibility index (Phi) is 4.45. The molecule has 4 aromatic rings. The van der Waals surface area contributed by atoms with E-state index < -0.39 is 12.3 Å². The first kappa shape index (κ1) is 19.9. The Balaban J connectivity index is 1.56. The van der Waals surface area contributed by atoms with Crippen molar-refractivity contribution in [3.8, 4) is 17.2 Å². The topological polar surface area (TPSA) is 84.2 Å². The highest BCUT2D eigenvalue weighted by Crippen LogP contribution is 2.49. The van der Waals surface area contributed by atoms with Crippen LogP contribution in [0.3, 0.4) is 0 Å². The van der Waals surface area contributed by atoms with Gasteiger partial charge in [-0.15, -0.1) is 0 Å². The maximum atomic E-state index is 13.7. The Bertz CT molecular complexity index is 1540. The lowest BCUT2D eigenvalue weighted by molar-refractivity contribution is -0.00485. The number of hydrogen-bond acceptors (Lipinski definition) is 7. The molecule has 0 amide bonds. The summed E-state index contributed by atoms with van der Waals surface area (Å²) in [6, 6.07) is 13.3. The van der Waals surface area contributed by atoms with Gasteiger partial charge in [0.1, 0.15) is 39.2 Å². The van der Waals surface area contributed by atoms with Gasteiger partial charge in [-0.3, -0.25) is 4.79 Å². The minimum atomic E-state index is -0.583. The van der Waals surface area contributed by atoms with E-state index in [0.717, 1.165) is 10.0 Å². The molecule has 2 aliphatic heterocycles. The number of carbonyl (C=O) groups is 1. The van der Waals surface area contributed by atoms with E-state index in [1.54, 1.807) is 54.8 Å². The SMILES string of the molecule is COc1cc2c(c3oc4cccc(OC(=O)c5ccc(Br)cc5)c4c(=O)c13)[C@@H]1C=CO[C@@H]1O2. The Morgan fingerprint density at radius 1 is 1.06 bits per heavy atom. The van der Waals surface area contributed by atoms with Gasteiger partial charge in [0.05, 0.1) is 30.4 Å². The van der Waals surface area contributed by atoms with Crippen molar-refractivity contribution in [2.75, 3.05) is 7.11 Å². The van der Waals surface area contributed by atoms with Crippen molar-refractivity contribution in [3.05, 3.63) is 86.7 Å². The third kappa shape index (κ3) is 3.01. The Hall–Kier alpha value is -3.78. The van der Waals surface area contributed by atoms with E-state index in [2.05, 4.69) is 15.9 Å². The normalized spacial score (nSPS) is 18.0. The van der Waals surface area contributed by atoms with Gasteiger partial charge < -0.3 is 23.4 Å². The molecule has 7 nitrogen and oxygen atoms in total. The van der Waals surface area contributed by atoms with Crippen LogP contribution < -0.4 is 19.6 Å². The highest BCUT2D eigenvalue weighted by molar-refractivity contribution is 9.10. The maximum absolute atomic E-state index is 13.7. The summed E-state index contributed by atoms with van der Waals surface area (Å²) >= 11 is 3.34. The van der Waals surface area contributed by atoms with Crippen LogP contribution in [-0.4, -0.2) is 19.4 Å². The zero-order valence-electron chi connectivity index (χ0n) is 17.2. The average Bonchev–Trinajstić information content (AvgIpc) is 3.40. The zero-order chi connectivity index (χ0) is 22.7. The zero-order valence-corrected chi connectivity index (χ0v) is 18.7. The van der Waals surface area contributed by atoms with Gasteiger partial charge in [-0.25, -0.2) is 4.79 Å². The van der Waals surface area contributed by atoms with E-state index in [1.165, 1.54) is 7.11 Å². The first-order valence-corrected chi connectivity index (χ1v) is 10.9. The smallest absolute Gasteiger partial charge is 0.343 e. The molecule has 164 valence electrons. The van der Waals surface area contributed by atoms with Crippen molar-refractivity contribution in [1.29, 1.82) is 0 Å². The molecule has 0 radical (unpaired) electrons. The lowest BCUT2D eigenvalue weighted by atomic mass is 9.97. The molecular formula is C25H15BrO7. The molecule has 0 spiro atoms. The molecule has 3 heterocycles. The average molecular weight is 507 g/mol. The molecule has 8 heteroatoms. The van der Waals surface area contributed by atoms with Crippen LogP contribution in [0.15, 0.2) is 74.6 Å². The summed E-state index contributed by atoms with van der Waals surface area (Å²) in [4.78, 5) is 26.4. The van der Waals surface area contributed by atoms with Crippen LogP contribution in [0.25, 0.3) is 21.9 Å². The van der Waals surface area contributed by atoms with Crippen molar-refractivity contribution in [2.45, 2.75) is 12.2 Å². The second-order valence-electron chi connectivity index (χ2n) is 7.63. The number of rotatable bonds is 3. The maximum Gasteiger partial charge on any atom is 0.343 e. The van der Waals surface area contributed by atoms with Crippen molar-refractivity contribution in [1.82, 2.24) is 0 Å². The molecule has 0 N–H and O–H groups in total. The predicted octanol–water partition coefficient (Wildman–Crippen LogP) is 5.28. The molecule has 0 aliphatic carbocycles. The van der Waals surface area contributed by atoms with Crippen LogP contribution in [0, 0.1) is 0 Å². The van der Waals surface area contributed by atoms with Crippen LogP contribution in [0.5, 0.6) is 17.2 Å². The summed E-state index contributed by atoms with van der Waals surface area (Å²) in [7, 11) is 1.47. The molecule has 0 unspecified atom stereocenters. The summed E-state index contributed by atoms with van der Waals surface area (Å²) < 4.78 is 29.5. The molecule has 0 bridgehead atoms. The largest absolute Gasteiger partial charge is 0.496 e. The Morgan fingerprint density at radius 2 is 1.88 bits per heavy atom. The van der Waals surface area contributed by atoms with Crippen LogP contribution in [-0.2, 0) is 4.74 Å². The number of hydrogen-bond donors (Lipinski definition) is 0. The number of methoxy groups -OCH3 is 1. The molecule has 33 heavy (non-hydrogen) atoms.